The zero-order valence-corrected chi connectivity index (χ0v) is 12.2. The lowest BCUT2D eigenvalue weighted by Crippen LogP contribution is -1.96. The first-order chi connectivity index (χ1) is 10.5. The molecule has 114 valence electrons. The Balaban J connectivity index is 2.20. The van der Waals surface area contributed by atoms with Gasteiger partial charge in [-0.2, -0.15) is 4.39 Å². The number of halogens is 2. The number of hydrogen-bond donors (Lipinski definition) is 2. The Hall–Kier alpha value is -2.36. The molecule has 0 aromatic heterocycles. The fourth-order valence-electron chi connectivity index (χ4n) is 3.07. The number of rotatable bonds is 1. The smallest absolute Gasteiger partial charge is 0.200 e. The molecule has 0 bridgehead atoms. The third-order valence-electron chi connectivity index (χ3n) is 4.21. The van der Waals surface area contributed by atoms with Gasteiger partial charge in [-0.1, -0.05) is 6.07 Å². The lowest BCUT2D eigenvalue weighted by Gasteiger charge is -2.13. The molecule has 3 rings (SSSR count). The molecule has 0 amide bonds. The largest absolute Gasteiger partial charge is 0.508 e. The van der Waals surface area contributed by atoms with Gasteiger partial charge in [-0.25, -0.2) is 4.39 Å². The molecule has 0 saturated carbocycles. The summed E-state index contributed by atoms with van der Waals surface area (Å²) >= 11 is 0. The van der Waals surface area contributed by atoms with E-state index in [1.54, 1.807) is 18.2 Å². The zero-order chi connectivity index (χ0) is 15.9. The van der Waals surface area contributed by atoms with Crippen LogP contribution in [0, 0.1) is 11.6 Å². The van der Waals surface area contributed by atoms with E-state index < -0.39 is 17.4 Å². The van der Waals surface area contributed by atoms with Crippen LogP contribution in [0.25, 0.3) is 11.1 Å². The van der Waals surface area contributed by atoms with Gasteiger partial charge in [-0.05, 0) is 72.7 Å². The lowest BCUT2D eigenvalue weighted by molar-refractivity contribution is 0.406. The first-order valence-corrected chi connectivity index (χ1v) is 7.18. The highest BCUT2D eigenvalue weighted by atomic mass is 19.2. The molecule has 0 fully saturated rings. The van der Waals surface area contributed by atoms with Crippen LogP contribution < -0.4 is 0 Å². The van der Waals surface area contributed by atoms with E-state index in [-0.39, 0.29) is 11.3 Å². The Kier molecular flexibility index (Phi) is 3.61. The highest BCUT2D eigenvalue weighted by Crippen LogP contribution is 2.38. The maximum absolute atomic E-state index is 14.2. The summed E-state index contributed by atoms with van der Waals surface area (Å²) in [6, 6.07) is 7.71. The average Bonchev–Trinajstić information content (AvgIpc) is 2.64. The van der Waals surface area contributed by atoms with E-state index in [0.717, 1.165) is 35.1 Å². The SMILES string of the molecule is CC1=C(c2ccc(O)c(F)c2F)CCCc2cc(O)ccc21. The molecular formula is C18H16F2O2. The molecule has 2 nitrogen and oxygen atoms in total. The van der Waals surface area contributed by atoms with Crippen molar-refractivity contribution >= 4 is 11.1 Å². The standard InChI is InChI=1S/C18H16F2O2/c1-10-13-6-5-12(21)9-11(13)3-2-4-14(10)15-7-8-16(22)18(20)17(15)19/h5-9,21-22H,2-4H2,1H3. The summed E-state index contributed by atoms with van der Waals surface area (Å²) in [4.78, 5) is 0. The lowest BCUT2D eigenvalue weighted by atomic mass is 9.93. The second kappa shape index (κ2) is 5.44. The topological polar surface area (TPSA) is 40.5 Å². The first-order valence-electron chi connectivity index (χ1n) is 7.18. The van der Waals surface area contributed by atoms with Crippen molar-refractivity contribution in [3.8, 4) is 11.5 Å². The minimum atomic E-state index is -1.21. The zero-order valence-electron chi connectivity index (χ0n) is 12.2. The van der Waals surface area contributed by atoms with Crippen molar-refractivity contribution in [2.75, 3.05) is 0 Å². The Labute approximate surface area is 127 Å². The number of benzene rings is 2. The number of fused-ring (bicyclic) bond motifs is 1. The Morgan fingerprint density at radius 2 is 1.64 bits per heavy atom. The maximum atomic E-state index is 14.2. The summed E-state index contributed by atoms with van der Waals surface area (Å²) in [6.45, 7) is 1.88. The molecule has 1 aliphatic rings. The van der Waals surface area contributed by atoms with Crippen molar-refractivity contribution in [3.63, 3.8) is 0 Å². The summed E-state index contributed by atoms with van der Waals surface area (Å²) in [5.74, 6) is -2.71. The summed E-state index contributed by atoms with van der Waals surface area (Å²) < 4.78 is 27.8. The Bertz CT molecular complexity index is 779. The molecule has 0 heterocycles. The summed E-state index contributed by atoms with van der Waals surface area (Å²) in [5, 5.41) is 18.9. The van der Waals surface area contributed by atoms with Crippen molar-refractivity contribution in [2.24, 2.45) is 0 Å². The molecule has 0 unspecified atom stereocenters. The molecule has 2 N–H and O–H groups in total. The molecule has 0 radical (unpaired) electrons. The van der Waals surface area contributed by atoms with Crippen LogP contribution in [0.3, 0.4) is 0 Å². The molecule has 22 heavy (non-hydrogen) atoms. The summed E-state index contributed by atoms with van der Waals surface area (Å²) in [6.07, 6.45) is 2.17. The number of phenols is 2. The molecule has 4 heteroatoms. The van der Waals surface area contributed by atoms with Crippen LogP contribution >= 0.6 is 0 Å². The molecule has 0 spiro atoms. The van der Waals surface area contributed by atoms with Gasteiger partial charge in [-0.3, -0.25) is 0 Å². The predicted molar refractivity (Wildman–Crippen MR) is 81.6 cm³/mol. The molecule has 1 aliphatic carbocycles. The molecule has 0 aliphatic heterocycles. The highest BCUT2D eigenvalue weighted by molar-refractivity contribution is 5.91. The molecular weight excluding hydrogens is 286 g/mol. The van der Waals surface area contributed by atoms with Gasteiger partial charge in [0.2, 0.25) is 5.82 Å². The van der Waals surface area contributed by atoms with Gasteiger partial charge < -0.3 is 10.2 Å². The monoisotopic (exact) mass is 302 g/mol. The normalized spacial score (nSPS) is 14.7. The van der Waals surface area contributed by atoms with Gasteiger partial charge in [0.1, 0.15) is 5.75 Å². The van der Waals surface area contributed by atoms with Gasteiger partial charge >= 0.3 is 0 Å². The van der Waals surface area contributed by atoms with Gasteiger partial charge in [0, 0.05) is 5.56 Å². The van der Waals surface area contributed by atoms with Gasteiger partial charge in [-0.15, -0.1) is 0 Å². The van der Waals surface area contributed by atoms with Crippen LogP contribution in [-0.2, 0) is 6.42 Å². The van der Waals surface area contributed by atoms with Crippen molar-refractivity contribution in [1.29, 1.82) is 0 Å². The van der Waals surface area contributed by atoms with E-state index in [2.05, 4.69) is 0 Å². The number of aromatic hydroxyl groups is 2. The molecule has 0 saturated heterocycles. The van der Waals surface area contributed by atoms with E-state index in [1.165, 1.54) is 12.1 Å². The van der Waals surface area contributed by atoms with Gasteiger partial charge in [0.25, 0.3) is 0 Å². The third kappa shape index (κ3) is 2.34. The van der Waals surface area contributed by atoms with E-state index in [1.807, 2.05) is 6.92 Å². The Morgan fingerprint density at radius 1 is 0.909 bits per heavy atom. The highest BCUT2D eigenvalue weighted by Gasteiger charge is 2.21. The second-order valence-electron chi connectivity index (χ2n) is 5.56. The van der Waals surface area contributed by atoms with Crippen molar-refractivity contribution < 1.29 is 19.0 Å². The van der Waals surface area contributed by atoms with E-state index in [4.69, 9.17) is 0 Å². The summed E-state index contributed by atoms with van der Waals surface area (Å²) in [7, 11) is 0. The average molecular weight is 302 g/mol. The van der Waals surface area contributed by atoms with Crippen molar-refractivity contribution in [1.82, 2.24) is 0 Å². The third-order valence-corrected chi connectivity index (χ3v) is 4.21. The fraction of sp³-hybridized carbons (Fsp3) is 0.222. The van der Waals surface area contributed by atoms with E-state index >= 15 is 0 Å². The minimum absolute atomic E-state index is 0.189. The van der Waals surface area contributed by atoms with E-state index in [0.29, 0.717) is 6.42 Å². The molecule has 2 aromatic carbocycles. The Morgan fingerprint density at radius 3 is 2.41 bits per heavy atom. The number of aryl methyl sites for hydroxylation is 1. The van der Waals surface area contributed by atoms with Crippen LogP contribution in [0.5, 0.6) is 11.5 Å². The second-order valence-corrected chi connectivity index (χ2v) is 5.56. The van der Waals surface area contributed by atoms with Crippen molar-refractivity contribution in [3.05, 3.63) is 58.7 Å². The van der Waals surface area contributed by atoms with Gasteiger partial charge in [0.15, 0.2) is 11.6 Å². The van der Waals surface area contributed by atoms with E-state index in [9.17, 15) is 19.0 Å². The number of phenolic OH excluding ortho intramolecular Hbond substituents is 2. The van der Waals surface area contributed by atoms with Crippen LogP contribution in [0.1, 0.15) is 36.5 Å². The molecule has 0 atom stereocenters. The van der Waals surface area contributed by atoms with Gasteiger partial charge in [0.05, 0.1) is 0 Å². The number of allylic oxidation sites excluding steroid dienone is 2. The summed E-state index contributed by atoms with van der Waals surface area (Å²) in [5.41, 5.74) is 3.75. The van der Waals surface area contributed by atoms with Crippen LogP contribution in [0.4, 0.5) is 8.78 Å². The quantitative estimate of drug-likeness (QED) is 0.805. The minimum Gasteiger partial charge on any atom is -0.508 e. The predicted octanol–water partition coefficient (Wildman–Crippen LogP) is 4.64. The van der Waals surface area contributed by atoms with Crippen LogP contribution in [0.2, 0.25) is 0 Å². The first kappa shape index (κ1) is 14.6. The van der Waals surface area contributed by atoms with Crippen molar-refractivity contribution in [2.45, 2.75) is 26.2 Å². The molecule has 2 aromatic rings. The maximum Gasteiger partial charge on any atom is 0.200 e. The van der Waals surface area contributed by atoms with Crippen LogP contribution in [0.15, 0.2) is 30.3 Å². The van der Waals surface area contributed by atoms with Crippen LogP contribution in [-0.4, -0.2) is 10.2 Å². The number of hydrogen-bond acceptors (Lipinski definition) is 2. The fourth-order valence-corrected chi connectivity index (χ4v) is 3.07.